The molecule has 12 saturated carbocycles. The third-order valence-electron chi connectivity index (χ3n) is 26.4. The number of amides is 2. The van der Waals surface area contributed by atoms with Crippen LogP contribution in [-0.2, 0) is 66.8 Å². The first-order chi connectivity index (χ1) is 43.6. The third kappa shape index (κ3) is 21.5. The lowest BCUT2D eigenvalue weighted by atomic mass is 9.45. The number of aliphatic hydroxyl groups is 2. The Hall–Kier alpha value is -4.12. The van der Waals surface area contributed by atoms with Gasteiger partial charge in [-0.1, -0.05) is 156 Å². The molecule has 9 unspecified atom stereocenters. The lowest BCUT2D eigenvalue weighted by Crippen LogP contribution is -2.70. The van der Waals surface area contributed by atoms with E-state index in [2.05, 4.69) is 27.7 Å². The van der Waals surface area contributed by atoms with Crippen LogP contribution in [0.15, 0.2) is 0 Å². The lowest BCUT2D eigenvalue weighted by Gasteiger charge is -2.66. The average molecular weight is 1480 g/mol. The fourth-order valence-electron chi connectivity index (χ4n) is 19.2. The van der Waals surface area contributed by atoms with Crippen LogP contribution < -0.4 is 0 Å². The van der Waals surface area contributed by atoms with Gasteiger partial charge in [0.25, 0.3) is 0 Å². The van der Waals surface area contributed by atoms with Gasteiger partial charge in [-0.25, -0.2) is 4.79 Å². The summed E-state index contributed by atoms with van der Waals surface area (Å²) < 4.78 is 33.9. The van der Waals surface area contributed by atoms with E-state index in [-0.39, 0.29) is 191 Å². The summed E-state index contributed by atoms with van der Waals surface area (Å²) in [7, 11) is 0. The number of nitrogens with zero attached hydrogens (tertiary/aromatic N) is 1. The zero-order valence-electron chi connectivity index (χ0n) is 61.4. The smallest absolute Gasteiger partial charge is 0.344 e. The summed E-state index contributed by atoms with van der Waals surface area (Å²) in [4.78, 5) is 98.1. The van der Waals surface area contributed by atoms with Crippen molar-refractivity contribution in [2.45, 2.75) is 425 Å². The predicted octanol–water partition coefficient (Wildman–Crippen LogP) is 21.0. The fourth-order valence-corrected chi connectivity index (χ4v) is 19.2. The highest BCUT2D eigenvalue weighted by molar-refractivity contribution is 6.04. The van der Waals surface area contributed by atoms with Crippen molar-refractivity contribution >= 4 is 47.6 Å². The molecule has 9 atom stereocenters. The number of hydrogen-bond acceptors (Lipinski definition) is 16. The number of carbonyl (C=O) groups excluding carboxylic acids is 8. The molecule has 2 N–H and O–H groups in total. The Balaban J connectivity index is -0.00000121. The number of β-lactam (4-membered cyclic amide) rings is 1. The predicted molar refractivity (Wildman–Crippen MR) is 424 cm³/mol. The number of ether oxygens (including phenoxy) is 6. The van der Waals surface area contributed by atoms with E-state index in [0.717, 1.165) is 95.3 Å². The summed E-state index contributed by atoms with van der Waals surface area (Å²) in [5, 5.41) is 21.6. The Morgan fingerprint density at radius 3 is 1.39 bits per heavy atom. The van der Waals surface area contributed by atoms with Gasteiger partial charge in [0, 0.05) is 36.5 Å². The van der Waals surface area contributed by atoms with E-state index in [1.54, 1.807) is 13.8 Å². The van der Waals surface area contributed by atoms with Crippen molar-refractivity contribution in [2.24, 2.45) is 79.8 Å². The standard InChI is InChI=1S/C18H30O2.C17H28O4.C16H22O6.C14H26O2.C12H19NO2.10CH4/c1-5-17(3,4)16(19)20-18(6-2)14-8-12-7-13(10-14)11-15(18)9-12;1-5-13(2,3)12(18)21-17-8-14(4)6-15(19,10-17)9-16(20,7-14)11-17;1-4-16(2,3)15(19)20-7-11(17)21-12-8-5-9-10(6-8)14(18)22-13(9)12;1-5-13(3,4)12(15)16-14(6-2)10-8-7-9-11-14;1-4-12(2,3)11(15)13-9-7-5-6-8(9)10(13)14;;;;;;;;;;/h12-15H,5-11H2,1-4H3;19-20H,5-11H2,1-4H3;8-10,12-13H,4-7H2,1-3H3;5-11H2,1-4H3;8-9H,4-7H2,1-3H3;10*1H4. The highest BCUT2D eigenvalue weighted by Crippen LogP contribution is 2.66. The van der Waals surface area contributed by atoms with Crippen LogP contribution in [0.2, 0.25) is 0 Å². The molecule has 14 fully saturated rings. The monoisotopic (exact) mass is 1480 g/mol. The summed E-state index contributed by atoms with van der Waals surface area (Å²) in [6, 6.07) is 0.232. The van der Waals surface area contributed by atoms with Crippen molar-refractivity contribution in [1.29, 1.82) is 0 Å². The number of likely N-dealkylation sites (tertiary alicyclic amines) is 1. The Bertz CT molecular complexity index is 2710. The van der Waals surface area contributed by atoms with Gasteiger partial charge in [0.05, 0.1) is 50.7 Å². The Morgan fingerprint density at radius 2 is 0.952 bits per heavy atom. The van der Waals surface area contributed by atoms with Crippen molar-refractivity contribution in [3.8, 4) is 0 Å². The van der Waals surface area contributed by atoms with Gasteiger partial charge in [0.15, 0.2) is 6.61 Å². The van der Waals surface area contributed by atoms with E-state index in [9.17, 15) is 48.6 Å². The summed E-state index contributed by atoms with van der Waals surface area (Å²) >= 11 is 0. The second-order valence-electron chi connectivity index (χ2n) is 35.6. The summed E-state index contributed by atoms with van der Waals surface area (Å²) in [6.07, 6.45) is 25.8. The maximum atomic E-state index is 12.6. The zero-order valence-corrected chi connectivity index (χ0v) is 61.4. The molecular formula is C87H165NO16. The van der Waals surface area contributed by atoms with Gasteiger partial charge in [0.2, 0.25) is 11.8 Å². The highest BCUT2D eigenvalue weighted by atomic mass is 16.6. The minimum atomic E-state index is -0.880. The molecule has 10 bridgehead atoms. The SMILES string of the molecule is C.C.C.C.C.C.C.C.C.C.CCC(C)(C)C(=O)N1C(=O)C2CCCC21.CCC(C)(C)C(=O)OC1(CC)C2CC3CC(C2)CC1C3.CCC(C)(C)C(=O)OC12CC3(C)CC(O)(CC(O)(C3)C1)C2.CCC(C)(C)C(=O)OCC(=O)OC1C2CC3C(=O)OC1C3C2.CCC1(OC(=O)C(C)(C)CC)CCCCC1. The van der Waals surface area contributed by atoms with Crippen LogP contribution in [-0.4, -0.2) is 116 Å². The van der Waals surface area contributed by atoms with Crippen LogP contribution >= 0.6 is 0 Å². The lowest BCUT2D eigenvalue weighted by molar-refractivity contribution is -0.284. The van der Waals surface area contributed by atoms with Crippen LogP contribution in [0.4, 0.5) is 0 Å². The quantitative estimate of drug-likeness (QED) is 0.0737. The van der Waals surface area contributed by atoms with Crippen molar-refractivity contribution in [3.05, 3.63) is 0 Å². The molecule has 14 aliphatic rings. The first-order valence-electron chi connectivity index (χ1n) is 37.2. The molecule has 2 aliphatic heterocycles. The van der Waals surface area contributed by atoms with Crippen LogP contribution in [0.5, 0.6) is 0 Å². The molecule has 0 aromatic rings. The number of fused-ring (bicyclic) bond motifs is 2. The molecule has 17 heteroatoms. The van der Waals surface area contributed by atoms with E-state index in [4.69, 9.17) is 28.4 Å². The molecule has 2 heterocycles. The van der Waals surface area contributed by atoms with Crippen molar-refractivity contribution in [2.75, 3.05) is 6.61 Å². The van der Waals surface area contributed by atoms with Gasteiger partial charge in [-0.05, 0) is 232 Å². The zero-order chi connectivity index (χ0) is 69.8. The van der Waals surface area contributed by atoms with Gasteiger partial charge in [0.1, 0.15) is 29.0 Å². The third-order valence-corrected chi connectivity index (χ3v) is 26.4. The summed E-state index contributed by atoms with van der Waals surface area (Å²) in [5.41, 5.74) is -5.04. The van der Waals surface area contributed by atoms with E-state index in [1.807, 2.05) is 83.1 Å². The second-order valence-corrected chi connectivity index (χ2v) is 35.6. The van der Waals surface area contributed by atoms with Gasteiger partial charge in [-0.15, -0.1) is 0 Å². The number of imide groups is 1. The van der Waals surface area contributed by atoms with E-state index in [1.165, 1.54) is 56.3 Å². The van der Waals surface area contributed by atoms with E-state index >= 15 is 0 Å². The number of esters is 6. The van der Waals surface area contributed by atoms with Gasteiger partial charge < -0.3 is 38.6 Å². The molecule has 0 spiro atoms. The topological polar surface area (TPSA) is 236 Å². The van der Waals surface area contributed by atoms with Crippen LogP contribution in [0.1, 0.15) is 379 Å². The van der Waals surface area contributed by atoms with Gasteiger partial charge in [-0.3, -0.25) is 38.5 Å². The molecule has 0 aromatic heterocycles. The highest BCUT2D eigenvalue weighted by Gasteiger charge is 2.69. The Morgan fingerprint density at radius 1 is 0.500 bits per heavy atom. The van der Waals surface area contributed by atoms with Gasteiger partial charge >= 0.3 is 35.8 Å². The van der Waals surface area contributed by atoms with Crippen molar-refractivity contribution in [1.82, 2.24) is 4.90 Å². The molecule has 2 amide bonds. The number of rotatable bonds is 18. The normalized spacial score (nSPS) is 33.0. The Labute approximate surface area is 637 Å². The van der Waals surface area contributed by atoms with Crippen LogP contribution in [0.3, 0.4) is 0 Å². The van der Waals surface area contributed by atoms with Crippen molar-refractivity contribution in [3.63, 3.8) is 0 Å². The maximum absolute atomic E-state index is 12.6. The molecule has 2 saturated heterocycles. The molecule has 17 nitrogen and oxygen atoms in total. The Kier molecular flexibility index (Phi) is 38.5. The minimum absolute atomic E-state index is 0. The average Bonchev–Trinajstić information content (AvgIpc) is 1.01. The van der Waals surface area contributed by atoms with Crippen LogP contribution in [0.25, 0.3) is 0 Å². The van der Waals surface area contributed by atoms with Crippen LogP contribution in [0, 0.1) is 79.8 Å². The maximum Gasteiger partial charge on any atom is 0.344 e. The van der Waals surface area contributed by atoms with Gasteiger partial charge in [-0.2, -0.15) is 0 Å². The molecule has 12 aliphatic carbocycles. The number of hydrogen-bond donors (Lipinski definition) is 2. The number of carbonyl (C=O) groups is 8. The molecular weight excluding hydrogens is 1310 g/mol. The second kappa shape index (κ2) is 38.5. The summed E-state index contributed by atoms with van der Waals surface area (Å²) in [6.45, 7) is 35.2. The molecule has 0 aromatic carbocycles. The van der Waals surface area contributed by atoms with E-state index < -0.39 is 39.6 Å². The molecule has 614 valence electrons. The molecule has 14 rings (SSSR count). The first kappa shape index (κ1) is 104. The van der Waals surface area contributed by atoms with Crippen molar-refractivity contribution < 1.29 is 77.0 Å². The molecule has 104 heavy (non-hydrogen) atoms. The fraction of sp³-hybridized carbons (Fsp3) is 0.908. The first-order valence-corrected chi connectivity index (χ1v) is 37.2. The summed E-state index contributed by atoms with van der Waals surface area (Å²) in [5.74, 6) is 2.45. The largest absolute Gasteiger partial charge is 0.459 e. The minimum Gasteiger partial charge on any atom is -0.459 e. The van der Waals surface area contributed by atoms with E-state index in [0.29, 0.717) is 56.8 Å². The molecule has 0 radical (unpaired) electrons.